The summed E-state index contributed by atoms with van der Waals surface area (Å²) in [5, 5.41) is 6.46. The van der Waals surface area contributed by atoms with Gasteiger partial charge in [0.1, 0.15) is 27.5 Å². The van der Waals surface area contributed by atoms with Crippen LogP contribution in [0.5, 0.6) is 11.6 Å². The number of hydrogen-bond acceptors (Lipinski definition) is 8. The van der Waals surface area contributed by atoms with Gasteiger partial charge in [-0.1, -0.05) is 36.2 Å². The highest BCUT2D eigenvalue weighted by molar-refractivity contribution is 7.89. The fourth-order valence-electron chi connectivity index (χ4n) is 4.29. The number of hydrogen-bond donors (Lipinski definition) is 2. The van der Waals surface area contributed by atoms with Crippen molar-refractivity contribution >= 4 is 33.2 Å². The van der Waals surface area contributed by atoms with Gasteiger partial charge in [0.25, 0.3) is 0 Å². The van der Waals surface area contributed by atoms with Crippen LogP contribution < -0.4 is 20.0 Å². The van der Waals surface area contributed by atoms with Crippen molar-refractivity contribution in [3.8, 4) is 22.8 Å². The number of ether oxygens (including phenoxy) is 2. The first-order chi connectivity index (χ1) is 18.5. The van der Waals surface area contributed by atoms with Crippen LogP contribution in [0.1, 0.15) is 35.9 Å². The van der Waals surface area contributed by atoms with Gasteiger partial charge in [-0.2, -0.15) is 4.72 Å². The molecule has 2 aromatic heterocycles. The third-order valence-corrected chi connectivity index (χ3v) is 8.13. The molecule has 4 aromatic rings. The van der Waals surface area contributed by atoms with Crippen LogP contribution in [0.2, 0.25) is 10.0 Å². The van der Waals surface area contributed by atoms with E-state index in [2.05, 4.69) is 19.9 Å². The fraction of sp³-hybridized carbons (Fsp3) is 0.240. The van der Waals surface area contributed by atoms with E-state index >= 15 is 4.39 Å². The molecule has 10 nitrogen and oxygen atoms in total. The van der Waals surface area contributed by atoms with Gasteiger partial charge in [0.2, 0.25) is 21.8 Å². The van der Waals surface area contributed by atoms with Gasteiger partial charge < -0.3 is 13.9 Å². The highest BCUT2D eigenvalue weighted by atomic mass is 35.5. The standard InChI is InChI=1S/C25H23Cl2FN4O6S/c1-12-16(14-9-17(27)23(37-4)29-11-14)6-7-18(28)21(12)13(2)22(24-30-31-25(33)38-24)32-39(34,35)20-8-5-15(26)10-19(20)36-3/h5-11,13,22,32H,1-4H3,(H,31,33). The Morgan fingerprint density at radius 1 is 1.13 bits per heavy atom. The summed E-state index contributed by atoms with van der Waals surface area (Å²) >= 11 is 12.2. The first kappa shape index (κ1) is 28.6. The number of nitrogens with one attached hydrogen (secondary N) is 2. The molecule has 0 radical (unpaired) electrons. The summed E-state index contributed by atoms with van der Waals surface area (Å²) in [6.07, 6.45) is 1.53. The Labute approximate surface area is 233 Å². The van der Waals surface area contributed by atoms with Crippen LogP contribution in [0.15, 0.2) is 56.7 Å². The molecule has 2 N–H and O–H groups in total. The average Bonchev–Trinajstić information content (AvgIpc) is 3.32. The maximum absolute atomic E-state index is 15.4. The zero-order valence-corrected chi connectivity index (χ0v) is 23.4. The number of methoxy groups -OCH3 is 2. The first-order valence-corrected chi connectivity index (χ1v) is 13.6. The van der Waals surface area contributed by atoms with Gasteiger partial charge in [-0.15, -0.1) is 5.10 Å². The van der Waals surface area contributed by atoms with Gasteiger partial charge in [0.05, 0.1) is 14.2 Å². The molecule has 0 fully saturated rings. The molecule has 0 aliphatic rings. The largest absolute Gasteiger partial charge is 0.495 e. The van der Waals surface area contributed by atoms with E-state index in [1.54, 1.807) is 26.0 Å². The topological polar surface area (TPSA) is 136 Å². The molecule has 0 aliphatic heterocycles. The van der Waals surface area contributed by atoms with E-state index in [9.17, 15) is 13.2 Å². The van der Waals surface area contributed by atoms with E-state index in [1.165, 1.54) is 44.7 Å². The SMILES string of the molecule is COc1cc(Cl)ccc1S(=O)(=O)NC(c1n[nH]c(=O)o1)C(C)c1c(F)ccc(-c2cnc(OC)c(Cl)c2)c1C. The monoisotopic (exact) mass is 596 g/mol. The Morgan fingerprint density at radius 3 is 2.49 bits per heavy atom. The van der Waals surface area contributed by atoms with Crippen molar-refractivity contribution in [2.75, 3.05) is 14.2 Å². The van der Waals surface area contributed by atoms with E-state index in [0.29, 0.717) is 16.7 Å². The molecule has 4 rings (SSSR count). The quantitative estimate of drug-likeness (QED) is 0.275. The van der Waals surface area contributed by atoms with E-state index < -0.39 is 33.6 Å². The van der Waals surface area contributed by atoms with Crippen LogP contribution in [0.4, 0.5) is 4.39 Å². The van der Waals surface area contributed by atoms with Gasteiger partial charge in [-0.3, -0.25) is 0 Å². The van der Waals surface area contributed by atoms with Gasteiger partial charge in [-0.05, 0) is 47.9 Å². The van der Waals surface area contributed by atoms with E-state index in [0.717, 1.165) is 0 Å². The first-order valence-electron chi connectivity index (χ1n) is 11.4. The maximum atomic E-state index is 15.4. The van der Waals surface area contributed by atoms with E-state index in [-0.39, 0.29) is 38.0 Å². The molecule has 39 heavy (non-hydrogen) atoms. The normalized spacial score (nSPS) is 13.2. The summed E-state index contributed by atoms with van der Waals surface area (Å²) in [6.45, 7) is 3.26. The number of pyridine rings is 1. The Kier molecular flexibility index (Phi) is 8.31. The number of aromatic nitrogens is 3. The van der Waals surface area contributed by atoms with Crippen molar-refractivity contribution < 1.29 is 26.7 Å². The minimum absolute atomic E-state index is 0.0156. The molecule has 0 spiro atoms. The smallest absolute Gasteiger partial charge is 0.434 e. The number of halogens is 3. The second-order valence-corrected chi connectivity index (χ2v) is 11.0. The molecule has 0 aliphatic carbocycles. The second kappa shape index (κ2) is 11.3. The zero-order chi connectivity index (χ0) is 28.5. The number of rotatable bonds is 9. The Balaban J connectivity index is 1.82. The maximum Gasteiger partial charge on any atom is 0.434 e. The summed E-state index contributed by atoms with van der Waals surface area (Å²) < 4.78 is 60.3. The minimum Gasteiger partial charge on any atom is -0.495 e. The molecule has 0 bridgehead atoms. The predicted octanol–water partition coefficient (Wildman–Crippen LogP) is 5.02. The van der Waals surface area contributed by atoms with Crippen LogP contribution in [-0.4, -0.2) is 37.8 Å². The summed E-state index contributed by atoms with van der Waals surface area (Å²) in [6, 6.07) is 7.11. The van der Waals surface area contributed by atoms with Crippen LogP contribution in [0.3, 0.4) is 0 Å². The average molecular weight is 597 g/mol. The number of H-pyrrole nitrogens is 1. The minimum atomic E-state index is -4.33. The Hall–Kier alpha value is -3.45. The number of benzene rings is 2. The van der Waals surface area contributed by atoms with E-state index in [4.69, 9.17) is 37.1 Å². The highest BCUT2D eigenvalue weighted by Gasteiger charge is 2.34. The lowest BCUT2D eigenvalue weighted by Gasteiger charge is -2.25. The number of nitrogens with zero attached hydrogens (tertiary/aromatic N) is 2. The van der Waals surface area contributed by atoms with Crippen molar-refractivity contribution in [3.63, 3.8) is 0 Å². The third kappa shape index (κ3) is 5.78. The summed E-state index contributed by atoms with van der Waals surface area (Å²) in [4.78, 5) is 15.7. The molecule has 2 unspecified atom stereocenters. The number of aromatic amines is 1. The molecular weight excluding hydrogens is 574 g/mol. The van der Waals surface area contributed by atoms with Gasteiger partial charge in [0.15, 0.2) is 0 Å². The lowest BCUT2D eigenvalue weighted by molar-refractivity contribution is 0.374. The van der Waals surface area contributed by atoms with Crippen molar-refractivity contribution in [3.05, 3.63) is 86.0 Å². The van der Waals surface area contributed by atoms with Crippen LogP contribution >= 0.6 is 23.2 Å². The molecule has 206 valence electrons. The van der Waals surface area contributed by atoms with E-state index in [1.807, 2.05) is 0 Å². The van der Waals surface area contributed by atoms with Gasteiger partial charge >= 0.3 is 5.76 Å². The van der Waals surface area contributed by atoms with Crippen LogP contribution in [0, 0.1) is 12.7 Å². The lowest BCUT2D eigenvalue weighted by atomic mass is 9.86. The fourth-order valence-corrected chi connectivity index (χ4v) is 6.12. The van der Waals surface area contributed by atoms with Crippen LogP contribution in [-0.2, 0) is 10.0 Å². The molecule has 2 aromatic carbocycles. The molecule has 2 heterocycles. The number of sulfonamides is 1. The highest BCUT2D eigenvalue weighted by Crippen LogP contribution is 2.39. The Morgan fingerprint density at radius 2 is 1.87 bits per heavy atom. The molecule has 14 heteroatoms. The van der Waals surface area contributed by atoms with Gasteiger partial charge in [0, 0.05) is 28.8 Å². The van der Waals surface area contributed by atoms with Gasteiger partial charge in [-0.25, -0.2) is 27.7 Å². The van der Waals surface area contributed by atoms with Crippen molar-refractivity contribution in [2.24, 2.45) is 0 Å². The lowest BCUT2D eigenvalue weighted by Crippen LogP contribution is -2.33. The van der Waals surface area contributed by atoms with Crippen LogP contribution in [0.25, 0.3) is 11.1 Å². The van der Waals surface area contributed by atoms with Crippen molar-refractivity contribution in [2.45, 2.75) is 30.7 Å². The summed E-state index contributed by atoms with van der Waals surface area (Å²) in [7, 11) is -1.60. The van der Waals surface area contributed by atoms with Crippen molar-refractivity contribution in [1.29, 1.82) is 0 Å². The molecule has 0 saturated heterocycles. The summed E-state index contributed by atoms with van der Waals surface area (Å²) in [5.74, 6) is -2.51. The third-order valence-electron chi connectivity index (χ3n) is 6.15. The zero-order valence-electron chi connectivity index (χ0n) is 21.1. The molecular formula is C25H23Cl2FN4O6S. The second-order valence-electron chi connectivity index (χ2n) is 8.48. The molecule has 0 saturated carbocycles. The molecule has 2 atom stereocenters. The Bertz CT molecular complexity index is 1690. The molecule has 0 amide bonds. The van der Waals surface area contributed by atoms with Crippen molar-refractivity contribution in [1.82, 2.24) is 19.9 Å². The predicted molar refractivity (Wildman–Crippen MR) is 143 cm³/mol. The summed E-state index contributed by atoms with van der Waals surface area (Å²) in [5.41, 5.74) is 1.82.